The van der Waals surface area contributed by atoms with Crippen molar-refractivity contribution in [3.05, 3.63) is 48.3 Å². The second kappa shape index (κ2) is 9.92. The van der Waals surface area contributed by atoms with E-state index in [9.17, 15) is 4.79 Å². The van der Waals surface area contributed by atoms with Gasteiger partial charge in [0.1, 0.15) is 29.2 Å². The Kier molecular flexibility index (Phi) is 6.36. The molecule has 0 saturated carbocycles. The van der Waals surface area contributed by atoms with Crippen LogP contribution in [0.15, 0.2) is 41.3 Å². The number of nitrogens with two attached hydrogens (primary N) is 2. The van der Waals surface area contributed by atoms with Crippen LogP contribution in [0.5, 0.6) is 0 Å². The van der Waals surface area contributed by atoms with Crippen molar-refractivity contribution >= 4 is 39.9 Å². The standard InChI is InChI=1S/C23H24N10O3/c1-2-35-6-5-18(34)28-10-17-26-8-13(9-27-17)11-33-22-19(21(24)29-12-30-22)20(32-33)14-3-4-16-15(7-14)31-23(25)36-16/h3-4,7-9,12H,2,5-6,10-11H2,1H3,(H2,25,31)(H,28,34)(H2,24,29,30). The summed E-state index contributed by atoms with van der Waals surface area (Å²) in [5, 5.41) is 8.17. The third-order valence-corrected chi connectivity index (χ3v) is 5.45. The molecule has 4 aromatic heterocycles. The van der Waals surface area contributed by atoms with E-state index >= 15 is 0 Å². The molecule has 0 aliphatic heterocycles. The number of hydrogen-bond acceptors (Lipinski definition) is 11. The van der Waals surface area contributed by atoms with Gasteiger partial charge < -0.3 is 25.9 Å². The predicted octanol–water partition coefficient (Wildman–Crippen LogP) is 1.68. The summed E-state index contributed by atoms with van der Waals surface area (Å²) in [6, 6.07) is 5.55. The van der Waals surface area contributed by atoms with E-state index in [0.717, 1.165) is 11.1 Å². The van der Waals surface area contributed by atoms with E-state index < -0.39 is 0 Å². The number of carbonyl (C=O) groups is 1. The molecule has 0 aliphatic rings. The van der Waals surface area contributed by atoms with E-state index in [2.05, 4.69) is 30.2 Å². The topological polar surface area (TPSA) is 186 Å². The van der Waals surface area contributed by atoms with Gasteiger partial charge >= 0.3 is 0 Å². The summed E-state index contributed by atoms with van der Waals surface area (Å²) < 4.78 is 12.3. The molecular formula is C23H24N10O3. The zero-order valence-electron chi connectivity index (χ0n) is 19.5. The van der Waals surface area contributed by atoms with Gasteiger partial charge in [0.15, 0.2) is 11.2 Å². The smallest absolute Gasteiger partial charge is 0.292 e. The lowest BCUT2D eigenvalue weighted by molar-refractivity contribution is -0.122. The number of anilines is 2. The predicted molar refractivity (Wildman–Crippen MR) is 131 cm³/mol. The van der Waals surface area contributed by atoms with Crippen LogP contribution in [0.25, 0.3) is 33.4 Å². The fraction of sp³-hybridized carbons (Fsp3) is 0.261. The van der Waals surface area contributed by atoms with E-state index in [4.69, 9.17) is 25.7 Å². The SMILES string of the molecule is CCOCCC(=O)NCc1ncc(Cn2nc(-c3ccc4oc(N)nc4c3)c3c(N)ncnc32)cn1. The molecule has 0 aliphatic carbocycles. The maximum atomic E-state index is 11.8. The lowest BCUT2D eigenvalue weighted by Crippen LogP contribution is -2.25. The van der Waals surface area contributed by atoms with Gasteiger partial charge in [-0.05, 0) is 25.1 Å². The second-order valence-electron chi connectivity index (χ2n) is 7.93. The van der Waals surface area contributed by atoms with Gasteiger partial charge in [-0.25, -0.2) is 24.6 Å². The zero-order valence-corrected chi connectivity index (χ0v) is 19.5. The number of fused-ring (bicyclic) bond motifs is 2. The summed E-state index contributed by atoms with van der Waals surface area (Å²) in [7, 11) is 0. The van der Waals surface area contributed by atoms with E-state index in [1.165, 1.54) is 6.33 Å². The quantitative estimate of drug-likeness (QED) is 0.256. The van der Waals surface area contributed by atoms with Crippen LogP contribution in [0.2, 0.25) is 0 Å². The van der Waals surface area contributed by atoms with Crippen LogP contribution in [-0.4, -0.2) is 53.8 Å². The monoisotopic (exact) mass is 488 g/mol. The molecule has 4 heterocycles. The fourth-order valence-electron chi connectivity index (χ4n) is 3.74. The van der Waals surface area contributed by atoms with E-state index in [1.807, 2.05) is 19.1 Å². The molecule has 13 nitrogen and oxygen atoms in total. The van der Waals surface area contributed by atoms with E-state index in [0.29, 0.717) is 65.6 Å². The lowest BCUT2D eigenvalue weighted by Gasteiger charge is -2.06. The van der Waals surface area contributed by atoms with Crippen molar-refractivity contribution in [3.63, 3.8) is 0 Å². The highest BCUT2D eigenvalue weighted by atomic mass is 16.5. The van der Waals surface area contributed by atoms with Crippen molar-refractivity contribution in [1.82, 2.24) is 40.0 Å². The van der Waals surface area contributed by atoms with Crippen molar-refractivity contribution < 1.29 is 13.9 Å². The van der Waals surface area contributed by atoms with Crippen molar-refractivity contribution in [1.29, 1.82) is 0 Å². The minimum Gasteiger partial charge on any atom is -0.424 e. The van der Waals surface area contributed by atoms with Crippen LogP contribution in [0, 0.1) is 0 Å². The first-order valence-corrected chi connectivity index (χ1v) is 11.3. The minimum atomic E-state index is -0.115. The van der Waals surface area contributed by atoms with Crippen LogP contribution < -0.4 is 16.8 Å². The molecule has 0 spiro atoms. The number of rotatable bonds is 9. The van der Waals surface area contributed by atoms with Crippen LogP contribution in [0.3, 0.4) is 0 Å². The minimum absolute atomic E-state index is 0.0916. The molecule has 1 aromatic carbocycles. The summed E-state index contributed by atoms with van der Waals surface area (Å²) in [6.07, 6.45) is 5.07. The molecular weight excluding hydrogens is 464 g/mol. The lowest BCUT2D eigenvalue weighted by atomic mass is 10.1. The Hall–Kier alpha value is -4.65. The number of oxazole rings is 1. The molecule has 0 atom stereocenters. The van der Waals surface area contributed by atoms with Crippen molar-refractivity contribution in [3.8, 4) is 11.3 Å². The highest BCUT2D eigenvalue weighted by Crippen LogP contribution is 2.32. The van der Waals surface area contributed by atoms with E-state index in [1.54, 1.807) is 23.1 Å². The molecule has 184 valence electrons. The van der Waals surface area contributed by atoms with Gasteiger partial charge in [0.2, 0.25) is 5.91 Å². The Labute approximate surface area is 204 Å². The Morgan fingerprint density at radius 2 is 2.00 bits per heavy atom. The van der Waals surface area contributed by atoms with Crippen molar-refractivity contribution in [2.45, 2.75) is 26.4 Å². The number of nitrogens with one attached hydrogen (secondary N) is 1. The summed E-state index contributed by atoms with van der Waals surface area (Å²) in [5.74, 6) is 0.699. The van der Waals surface area contributed by atoms with Gasteiger partial charge in [0, 0.05) is 36.5 Å². The molecule has 1 amide bonds. The van der Waals surface area contributed by atoms with Gasteiger partial charge in [0.25, 0.3) is 6.01 Å². The summed E-state index contributed by atoms with van der Waals surface area (Å²) in [4.78, 5) is 33.3. The maximum absolute atomic E-state index is 11.8. The van der Waals surface area contributed by atoms with Gasteiger partial charge in [0.05, 0.1) is 25.1 Å². The molecule has 0 fully saturated rings. The Morgan fingerprint density at radius 3 is 2.81 bits per heavy atom. The first-order valence-electron chi connectivity index (χ1n) is 11.3. The first kappa shape index (κ1) is 23.1. The van der Waals surface area contributed by atoms with E-state index in [-0.39, 0.29) is 18.5 Å². The summed E-state index contributed by atoms with van der Waals surface area (Å²) in [5.41, 5.74) is 15.8. The fourth-order valence-corrected chi connectivity index (χ4v) is 3.74. The maximum Gasteiger partial charge on any atom is 0.292 e. The molecule has 5 aromatic rings. The van der Waals surface area contributed by atoms with Crippen molar-refractivity contribution in [2.75, 3.05) is 24.7 Å². The van der Waals surface area contributed by atoms with Crippen molar-refractivity contribution in [2.24, 2.45) is 0 Å². The molecule has 0 radical (unpaired) electrons. The first-order chi connectivity index (χ1) is 17.5. The molecule has 5 rings (SSSR count). The van der Waals surface area contributed by atoms with Crippen LogP contribution in [-0.2, 0) is 22.6 Å². The molecule has 0 bridgehead atoms. The number of nitrogen functional groups attached to an aromatic ring is 2. The van der Waals surface area contributed by atoms with Crippen LogP contribution >= 0.6 is 0 Å². The third kappa shape index (κ3) is 4.77. The van der Waals surface area contributed by atoms with Crippen LogP contribution in [0.1, 0.15) is 24.7 Å². The summed E-state index contributed by atoms with van der Waals surface area (Å²) in [6.45, 7) is 3.44. The molecule has 5 N–H and O–H groups in total. The highest BCUT2D eigenvalue weighted by Gasteiger charge is 2.18. The number of carbonyl (C=O) groups excluding carboxylic acids is 1. The van der Waals surface area contributed by atoms with Gasteiger partial charge in [-0.2, -0.15) is 10.1 Å². The Morgan fingerprint density at radius 1 is 1.17 bits per heavy atom. The van der Waals surface area contributed by atoms with Crippen LogP contribution in [0.4, 0.5) is 11.8 Å². The number of hydrogen-bond donors (Lipinski definition) is 3. The number of ether oxygens (including phenoxy) is 1. The average molecular weight is 489 g/mol. The summed E-state index contributed by atoms with van der Waals surface area (Å²) >= 11 is 0. The third-order valence-electron chi connectivity index (χ3n) is 5.45. The number of nitrogens with zero attached hydrogens (tertiary/aromatic N) is 7. The average Bonchev–Trinajstić information content (AvgIpc) is 3.43. The number of aromatic nitrogens is 7. The number of amides is 1. The molecule has 0 unspecified atom stereocenters. The van der Waals surface area contributed by atoms with Gasteiger partial charge in [-0.1, -0.05) is 0 Å². The normalized spacial score (nSPS) is 11.4. The van der Waals surface area contributed by atoms with Gasteiger partial charge in [-0.15, -0.1) is 0 Å². The largest absolute Gasteiger partial charge is 0.424 e. The molecule has 36 heavy (non-hydrogen) atoms. The molecule has 0 saturated heterocycles. The second-order valence-corrected chi connectivity index (χ2v) is 7.93. The Bertz CT molecular complexity index is 1530. The van der Waals surface area contributed by atoms with Gasteiger partial charge in [-0.3, -0.25) is 4.79 Å². The highest BCUT2D eigenvalue weighted by molar-refractivity contribution is 5.99. The number of benzene rings is 1. The molecule has 13 heteroatoms. The Balaban J connectivity index is 1.37. The zero-order chi connectivity index (χ0) is 25.1.